The number of nitrogens with zero attached hydrogens (tertiary/aromatic N) is 3. The van der Waals surface area contributed by atoms with E-state index in [2.05, 4.69) is 15.4 Å². The molecule has 1 aliphatic rings. The molecule has 20 heavy (non-hydrogen) atoms. The van der Waals surface area contributed by atoms with E-state index in [1.54, 1.807) is 0 Å². The fourth-order valence-corrected chi connectivity index (χ4v) is 2.22. The molecular weight excluding hydrogens is 273 g/mol. The summed E-state index contributed by atoms with van der Waals surface area (Å²) in [6.07, 6.45) is 0.188. The van der Waals surface area contributed by atoms with Crippen molar-refractivity contribution in [3.63, 3.8) is 0 Å². The quantitative estimate of drug-likeness (QED) is 0.920. The number of aromatic nitrogens is 3. The van der Waals surface area contributed by atoms with Gasteiger partial charge < -0.3 is 10.1 Å². The Balaban J connectivity index is 1.92. The number of ether oxygens (including phenoxy) is 1. The first kappa shape index (κ1) is 13.2. The molecule has 3 heterocycles. The molecule has 0 amide bonds. The van der Waals surface area contributed by atoms with E-state index in [4.69, 9.17) is 4.74 Å². The number of hydrogen-bond acceptors (Lipinski definition) is 4. The van der Waals surface area contributed by atoms with Crippen LogP contribution in [0.1, 0.15) is 18.5 Å². The molecule has 0 aromatic carbocycles. The molecule has 2 aromatic rings. The average molecular weight is 286 g/mol. The molecular formula is C12H13F3N4O. The third-order valence-electron chi connectivity index (χ3n) is 3.18. The monoisotopic (exact) mass is 286 g/mol. The third kappa shape index (κ3) is 2.55. The number of alkyl halides is 3. The van der Waals surface area contributed by atoms with E-state index in [1.807, 2.05) is 0 Å². The lowest BCUT2D eigenvalue weighted by atomic mass is 10.1. The number of nitrogens with one attached hydrogen (secondary N) is 1. The van der Waals surface area contributed by atoms with Crippen LogP contribution in [-0.2, 0) is 10.9 Å². The Bertz CT molecular complexity index is 604. The zero-order valence-corrected chi connectivity index (χ0v) is 10.5. The first-order chi connectivity index (χ1) is 9.54. The largest absolute Gasteiger partial charge is 0.435 e. The van der Waals surface area contributed by atoms with E-state index < -0.39 is 11.9 Å². The van der Waals surface area contributed by atoms with Gasteiger partial charge in [0.1, 0.15) is 5.52 Å². The van der Waals surface area contributed by atoms with Gasteiger partial charge in [-0.15, -0.1) is 0 Å². The number of halogens is 3. The zero-order valence-electron chi connectivity index (χ0n) is 10.5. The summed E-state index contributed by atoms with van der Waals surface area (Å²) in [6, 6.07) is 1.06. The standard InChI is InChI=1S/C12H13F3N4O/c13-12(14,15)10-6-9-11(16-3-4-19(9)18-10)17-8-2-1-5-20-7-8/h3-4,6,8H,1-2,5,7H2,(H,16,17). The summed E-state index contributed by atoms with van der Waals surface area (Å²) in [4.78, 5) is 4.10. The molecule has 108 valence electrons. The molecule has 3 rings (SSSR count). The van der Waals surface area contributed by atoms with Crippen LogP contribution in [0.25, 0.3) is 5.52 Å². The van der Waals surface area contributed by atoms with Crippen molar-refractivity contribution < 1.29 is 17.9 Å². The van der Waals surface area contributed by atoms with Crippen LogP contribution in [0.15, 0.2) is 18.5 Å². The van der Waals surface area contributed by atoms with Crippen LogP contribution >= 0.6 is 0 Å². The fraction of sp³-hybridized carbons (Fsp3) is 0.500. The number of fused-ring (bicyclic) bond motifs is 1. The molecule has 0 radical (unpaired) electrons. The van der Waals surface area contributed by atoms with Crippen molar-refractivity contribution in [3.8, 4) is 0 Å². The van der Waals surface area contributed by atoms with Crippen LogP contribution in [0, 0.1) is 0 Å². The van der Waals surface area contributed by atoms with Crippen molar-refractivity contribution >= 4 is 11.3 Å². The van der Waals surface area contributed by atoms with Gasteiger partial charge in [-0.2, -0.15) is 18.3 Å². The molecule has 2 aromatic heterocycles. The summed E-state index contributed by atoms with van der Waals surface area (Å²) in [6.45, 7) is 1.25. The Kier molecular flexibility index (Phi) is 3.25. The van der Waals surface area contributed by atoms with Crippen molar-refractivity contribution in [2.24, 2.45) is 0 Å². The highest BCUT2D eigenvalue weighted by Crippen LogP contribution is 2.30. The van der Waals surface area contributed by atoms with E-state index in [0.717, 1.165) is 25.5 Å². The van der Waals surface area contributed by atoms with E-state index >= 15 is 0 Å². The minimum atomic E-state index is -4.46. The Morgan fingerprint density at radius 1 is 1.40 bits per heavy atom. The molecule has 1 saturated heterocycles. The lowest BCUT2D eigenvalue weighted by Gasteiger charge is -2.23. The highest BCUT2D eigenvalue weighted by molar-refractivity contribution is 5.68. The molecule has 1 aliphatic heterocycles. The van der Waals surface area contributed by atoms with Gasteiger partial charge in [-0.3, -0.25) is 0 Å². The lowest BCUT2D eigenvalue weighted by Crippen LogP contribution is -2.30. The number of hydrogen-bond donors (Lipinski definition) is 1. The molecule has 0 spiro atoms. The summed E-state index contributed by atoms with van der Waals surface area (Å²) >= 11 is 0. The summed E-state index contributed by atoms with van der Waals surface area (Å²) in [5.41, 5.74) is -0.612. The van der Waals surface area contributed by atoms with Gasteiger partial charge in [0.2, 0.25) is 0 Å². The molecule has 1 fully saturated rings. The van der Waals surface area contributed by atoms with Crippen molar-refractivity contribution in [2.45, 2.75) is 25.1 Å². The highest BCUT2D eigenvalue weighted by Gasteiger charge is 2.34. The van der Waals surface area contributed by atoms with E-state index in [-0.39, 0.29) is 6.04 Å². The van der Waals surface area contributed by atoms with Crippen molar-refractivity contribution in [1.82, 2.24) is 14.6 Å². The smallest absolute Gasteiger partial charge is 0.379 e. The van der Waals surface area contributed by atoms with Crippen molar-refractivity contribution in [2.75, 3.05) is 18.5 Å². The van der Waals surface area contributed by atoms with Gasteiger partial charge in [-0.05, 0) is 12.8 Å². The maximum atomic E-state index is 12.7. The first-order valence-corrected chi connectivity index (χ1v) is 6.30. The molecule has 0 bridgehead atoms. The Morgan fingerprint density at radius 3 is 2.95 bits per heavy atom. The second-order valence-corrected chi connectivity index (χ2v) is 4.69. The van der Waals surface area contributed by atoms with Crippen LogP contribution in [0.5, 0.6) is 0 Å². The van der Waals surface area contributed by atoms with Gasteiger partial charge in [0.05, 0.1) is 12.6 Å². The van der Waals surface area contributed by atoms with E-state index in [9.17, 15) is 13.2 Å². The second kappa shape index (κ2) is 4.93. The van der Waals surface area contributed by atoms with Crippen LogP contribution in [-0.4, -0.2) is 33.9 Å². The van der Waals surface area contributed by atoms with Crippen LogP contribution in [0.2, 0.25) is 0 Å². The van der Waals surface area contributed by atoms with Gasteiger partial charge in [0, 0.05) is 25.1 Å². The molecule has 1 atom stereocenters. The molecule has 8 heteroatoms. The van der Waals surface area contributed by atoms with E-state index in [0.29, 0.717) is 17.9 Å². The fourth-order valence-electron chi connectivity index (χ4n) is 2.22. The molecule has 1 N–H and O–H groups in total. The normalized spacial score (nSPS) is 20.2. The Labute approximate surface area is 112 Å². The maximum Gasteiger partial charge on any atom is 0.435 e. The molecule has 5 nitrogen and oxygen atoms in total. The summed E-state index contributed by atoms with van der Waals surface area (Å²) in [7, 11) is 0. The predicted molar refractivity (Wildman–Crippen MR) is 65.5 cm³/mol. The van der Waals surface area contributed by atoms with Gasteiger partial charge in [0.25, 0.3) is 0 Å². The Morgan fingerprint density at radius 2 is 2.25 bits per heavy atom. The second-order valence-electron chi connectivity index (χ2n) is 4.69. The highest BCUT2D eigenvalue weighted by atomic mass is 19.4. The summed E-state index contributed by atoms with van der Waals surface area (Å²) in [5, 5.41) is 6.64. The minimum absolute atomic E-state index is 0.0617. The molecule has 1 unspecified atom stereocenters. The van der Waals surface area contributed by atoms with Crippen molar-refractivity contribution in [1.29, 1.82) is 0 Å². The lowest BCUT2D eigenvalue weighted by molar-refractivity contribution is -0.141. The summed E-state index contributed by atoms with van der Waals surface area (Å²) < 4.78 is 44.6. The van der Waals surface area contributed by atoms with Gasteiger partial charge in [-0.1, -0.05) is 0 Å². The SMILES string of the molecule is FC(F)(F)c1cc2c(NC3CCCOC3)nccn2n1. The topological polar surface area (TPSA) is 51.5 Å². The predicted octanol–water partition coefficient (Wildman–Crippen LogP) is 2.34. The third-order valence-corrected chi connectivity index (χ3v) is 3.18. The minimum Gasteiger partial charge on any atom is -0.379 e. The number of anilines is 1. The first-order valence-electron chi connectivity index (χ1n) is 6.30. The average Bonchev–Trinajstić information content (AvgIpc) is 2.85. The van der Waals surface area contributed by atoms with Crippen LogP contribution < -0.4 is 5.32 Å². The van der Waals surface area contributed by atoms with Gasteiger partial charge >= 0.3 is 6.18 Å². The van der Waals surface area contributed by atoms with E-state index in [1.165, 1.54) is 16.9 Å². The number of rotatable bonds is 2. The van der Waals surface area contributed by atoms with Gasteiger partial charge in [0.15, 0.2) is 11.5 Å². The van der Waals surface area contributed by atoms with Crippen molar-refractivity contribution in [3.05, 3.63) is 24.2 Å². The summed E-state index contributed by atoms with van der Waals surface area (Å²) in [5.74, 6) is 0.394. The Hall–Kier alpha value is -1.83. The van der Waals surface area contributed by atoms with Gasteiger partial charge in [-0.25, -0.2) is 9.50 Å². The van der Waals surface area contributed by atoms with Crippen LogP contribution in [0.4, 0.5) is 19.0 Å². The zero-order chi connectivity index (χ0) is 14.2. The molecule has 0 aliphatic carbocycles. The van der Waals surface area contributed by atoms with Crippen LogP contribution in [0.3, 0.4) is 0 Å². The molecule has 0 saturated carbocycles. The maximum absolute atomic E-state index is 12.7.